The minimum absolute atomic E-state index is 0.0466. The lowest BCUT2D eigenvalue weighted by atomic mass is 9.95. The summed E-state index contributed by atoms with van der Waals surface area (Å²) in [4.78, 5) is 105. The molecule has 15 N–H and O–H groups in total. The van der Waals surface area contributed by atoms with Crippen molar-refractivity contribution < 1.29 is 43.5 Å². The predicted molar refractivity (Wildman–Crippen MR) is 191 cm³/mol. The predicted octanol–water partition coefficient (Wildman–Crippen LogP) is -3.36. The van der Waals surface area contributed by atoms with E-state index < -0.39 is 95.9 Å². The van der Waals surface area contributed by atoms with Gasteiger partial charge in [-0.05, 0) is 43.4 Å². The van der Waals surface area contributed by atoms with E-state index in [1.165, 1.54) is 0 Å². The van der Waals surface area contributed by atoms with Crippen molar-refractivity contribution in [1.82, 2.24) is 31.9 Å². The molecule has 0 aliphatic carbocycles. The molecule has 20 nitrogen and oxygen atoms in total. The number of amides is 7. The Bertz CT molecular complexity index is 1270. The molecule has 7 amide bonds. The normalized spacial score (nSPS) is 14.4. The van der Waals surface area contributed by atoms with E-state index in [4.69, 9.17) is 22.9 Å². The maximum absolute atomic E-state index is 13.7. The van der Waals surface area contributed by atoms with Gasteiger partial charge in [0.2, 0.25) is 41.4 Å². The Morgan fingerprint density at radius 1 is 0.692 bits per heavy atom. The van der Waals surface area contributed by atoms with Crippen LogP contribution < -0.4 is 54.8 Å². The molecule has 0 saturated carbocycles. The lowest BCUT2D eigenvalue weighted by Gasteiger charge is -2.30. The number of rotatable bonds is 25. The van der Waals surface area contributed by atoms with E-state index in [9.17, 15) is 43.5 Å². The minimum atomic E-state index is -1.40. The molecular weight excluding hydrogens is 682 g/mol. The second-order valence-electron chi connectivity index (χ2n) is 13.2. The van der Waals surface area contributed by atoms with Gasteiger partial charge >= 0.3 is 5.97 Å². The zero-order valence-corrected chi connectivity index (χ0v) is 31.0. The number of aliphatic carboxylic acids is 1. The number of carbonyl (C=O) groups is 8. The summed E-state index contributed by atoms with van der Waals surface area (Å²) >= 11 is 0. The van der Waals surface area contributed by atoms with Crippen molar-refractivity contribution in [3.8, 4) is 0 Å². The number of guanidine groups is 1. The first-order valence-electron chi connectivity index (χ1n) is 17.3. The number of hydrogen-bond acceptors (Lipinski definition) is 10. The van der Waals surface area contributed by atoms with E-state index in [2.05, 4.69) is 36.9 Å². The van der Waals surface area contributed by atoms with Crippen molar-refractivity contribution in [2.45, 2.75) is 110 Å². The standard InChI is InChI=1S/C32H59N11O9/c1-7-18(6)26(30(50)39-19(10-11-22(34)44)27(47)40-20(31(51)52)9-8-12-37-32(35)36)43-28(48)21(13-16(2)3)41-29(49)25(17(4)5)42-24(46)15-38-23(45)14-33/h16-21,25-26H,7-15,33H2,1-6H3,(H2,34,44)(H,38,45)(H,39,50)(H,40,47)(H,41,49)(H,42,46)(H,43,48)(H,51,52)(H4,35,36,37)/t18-,19-,20-,21-,25-,26-/m0/s1. The zero-order chi connectivity index (χ0) is 40.1. The van der Waals surface area contributed by atoms with E-state index in [1.54, 1.807) is 27.7 Å². The summed E-state index contributed by atoms with van der Waals surface area (Å²) in [6.45, 7) is 9.83. The summed E-state index contributed by atoms with van der Waals surface area (Å²) in [7, 11) is 0. The van der Waals surface area contributed by atoms with Crippen LogP contribution >= 0.6 is 0 Å². The fourth-order valence-electron chi connectivity index (χ4n) is 4.78. The molecule has 0 saturated heterocycles. The number of primary amides is 1. The highest BCUT2D eigenvalue weighted by molar-refractivity contribution is 5.96. The van der Waals surface area contributed by atoms with Crippen LogP contribution in [0.25, 0.3) is 0 Å². The molecule has 0 aliphatic rings. The molecule has 0 aromatic rings. The van der Waals surface area contributed by atoms with Crippen LogP contribution in [-0.2, 0) is 38.4 Å². The number of aliphatic imine (C=N–C) groups is 1. The number of carboxylic acids is 1. The molecule has 0 radical (unpaired) electrons. The van der Waals surface area contributed by atoms with Gasteiger partial charge in [-0.15, -0.1) is 0 Å². The Hall–Kier alpha value is -5.01. The van der Waals surface area contributed by atoms with Crippen LogP contribution in [0.1, 0.15) is 80.1 Å². The molecule has 0 aliphatic heterocycles. The van der Waals surface area contributed by atoms with E-state index in [1.807, 2.05) is 13.8 Å². The summed E-state index contributed by atoms with van der Waals surface area (Å²) in [5, 5.41) is 24.7. The fourth-order valence-corrected chi connectivity index (χ4v) is 4.78. The molecule has 6 atom stereocenters. The molecule has 0 spiro atoms. The molecule has 0 heterocycles. The average molecular weight is 742 g/mol. The monoisotopic (exact) mass is 741 g/mol. The number of hydrogen-bond donors (Lipinski definition) is 11. The van der Waals surface area contributed by atoms with Crippen LogP contribution in [0.5, 0.6) is 0 Å². The van der Waals surface area contributed by atoms with Crippen molar-refractivity contribution in [1.29, 1.82) is 0 Å². The quantitative estimate of drug-likeness (QED) is 0.0248. The molecule has 0 fully saturated rings. The van der Waals surface area contributed by atoms with Crippen LogP contribution in [0.3, 0.4) is 0 Å². The lowest BCUT2D eigenvalue weighted by molar-refractivity contribution is -0.142. The largest absolute Gasteiger partial charge is 0.480 e. The van der Waals surface area contributed by atoms with Crippen molar-refractivity contribution in [2.75, 3.05) is 19.6 Å². The Morgan fingerprint density at radius 2 is 1.25 bits per heavy atom. The number of nitrogens with one attached hydrogen (secondary N) is 6. The van der Waals surface area contributed by atoms with Crippen LogP contribution in [0.2, 0.25) is 0 Å². The molecule has 20 heteroatoms. The third-order valence-electron chi connectivity index (χ3n) is 7.90. The molecule has 0 bridgehead atoms. The van der Waals surface area contributed by atoms with Crippen LogP contribution in [0.15, 0.2) is 4.99 Å². The van der Waals surface area contributed by atoms with Crippen LogP contribution in [0, 0.1) is 17.8 Å². The molecule has 52 heavy (non-hydrogen) atoms. The molecule has 0 aromatic heterocycles. The van der Waals surface area contributed by atoms with Crippen LogP contribution in [-0.4, -0.2) is 108 Å². The van der Waals surface area contributed by atoms with E-state index in [0.29, 0.717) is 6.42 Å². The summed E-state index contributed by atoms with van der Waals surface area (Å²) in [5.41, 5.74) is 21.1. The Kier molecular flexibility index (Phi) is 21.9. The van der Waals surface area contributed by atoms with Gasteiger partial charge in [-0.1, -0.05) is 48.0 Å². The third kappa shape index (κ3) is 18.8. The summed E-state index contributed by atoms with van der Waals surface area (Å²) in [6, 6.07) is -6.23. The Labute approximate surface area is 304 Å². The minimum Gasteiger partial charge on any atom is -0.480 e. The van der Waals surface area contributed by atoms with Gasteiger partial charge in [0.1, 0.15) is 30.2 Å². The molecule has 0 unspecified atom stereocenters. The Morgan fingerprint density at radius 3 is 1.75 bits per heavy atom. The highest BCUT2D eigenvalue weighted by Gasteiger charge is 2.35. The Balaban J connectivity index is 6.11. The summed E-state index contributed by atoms with van der Waals surface area (Å²) in [5.74, 6) is -7.60. The summed E-state index contributed by atoms with van der Waals surface area (Å²) < 4.78 is 0. The second-order valence-corrected chi connectivity index (χ2v) is 13.2. The maximum atomic E-state index is 13.7. The maximum Gasteiger partial charge on any atom is 0.326 e. The van der Waals surface area contributed by atoms with Gasteiger partial charge in [0.25, 0.3) is 0 Å². The van der Waals surface area contributed by atoms with Gasteiger partial charge in [-0.2, -0.15) is 0 Å². The molecule has 0 rings (SSSR count). The van der Waals surface area contributed by atoms with E-state index >= 15 is 0 Å². The van der Waals surface area contributed by atoms with Gasteiger partial charge in [0.05, 0.1) is 13.1 Å². The van der Waals surface area contributed by atoms with Gasteiger partial charge in [0.15, 0.2) is 5.96 Å². The number of nitrogens with zero attached hydrogens (tertiary/aromatic N) is 1. The van der Waals surface area contributed by atoms with E-state index in [-0.39, 0.29) is 57.1 Å². The van der Waals surface area contributed by atoms with Gasteiger partial charge in [0, 0.05) is 13.0 Å². The third-order valence-corrected chi connectivity index (χ3v) is 7.90. The molecular formula is C32H59N11O9. The first kappa shape index (κ1) is 47.0. The average Bonchev–Trinajstić information content (AvgIpc) is 3.06. The molecule has 296 valence electrons. The number of carbonyl (C=O) groups excluding carboxylic acids is 7. The number of nitrogens with two attached hydrogens (primary N) is 4. The van der Waals surface area contributed by atoms with Gasteiger partial charge < -0.3 is 59.9 Å². The van der Waals surface area contributed by atoms with Crippen molar-refractivity contribution in [3.05, 3.63) is 0 Å². The highest BCUT2D eigenvalue weighted by atomic mass is 16.4. The topological polar surface area (TPSA) is 345 Å². The van der Waals surface area contributed by atoms with Crippen LogP contribution in [0.4, 0.5) is 0 Å². The van der Waals surface area contributed by atoms with Crippen molar-refractivity contribution in [3.63, 3.8) is 0 Å². The smallest absolute Gasteiger partial charge is 0.326 e. The fraction of sp³-hybridized carbons (Fsp3) is 0.719. The van der Waals surface area contributed by atoms with Crippen molar-refractivity contribution in [2.24, 2.45) is 45.7 Å². The SMILES string of the molecule is CC[C@H](C)[C@H](NC(=O)[C@H](CC(C)C)NC(=O)[C@@H](NC(=O)CNC(=O)CN)C(C)C)C(=O)N[C@@H](CCC(N)=O)C(=O)N[C@@H](CCCN=C(N)N)C(=O)O. The van der Waals surface area contributed by atoms with E-state index in [0.717, 1.165) is 0 Å². The van der Waals surface area contributed by atoms with Gasteiger partial charge in [-0.3, -0.25) is 38.6 Å². The first-order valence-corrected chi connectivity index (χ1v) is 17.3. The second kappa shape index (κ2) is 24.2. The molecule has 0 aromatic carbocycles. The number of carboxylic acid groups (broad SMARTS) is 1. The zero-order valence-electron chi connectivity index (χ0n) is 31.0. The summed E-state index contributed by atoms with van der Waals surface area (Å²) in [6.07, 6.45) is 0.128. The highest BCUT2D eigenvalue weighted by Crippen LogP contribution is 2.13. The van der Waals surface area contributed by atoms with Crippen molar-refractivity contribution >= 4 is 53.3 Å². The first-order chi connectivity index (χ1) is 24.2. The van der Waals surface area contributed by atoms with Gasteiger partial charge in [-0.25, -0.2) is 4.79 Å². The lowest BCUT2D eigenvalue weighted by Crippen LogP contribution is -2.61.